The molecule has 0 bridgehead atoms. The van der Waals surface area contributed by atoms with Crippen molar-refractivity contribution in [2.75, 3.05) is 0 Å². The van der Waals surface area contributed by atoms with Gasteiger partial charge >= 0.3 is 5.69 Å². The summed E-state index contributed by atoms with van der Waals surface area (Å²) in [6.45, 7) is 3.23. The van der Waals surface area contributed by atoms with Crippen molar-refractivity contribution < 1.29 is 19.9 Å². The van der Waals surface area contributed by atoms with Gasteiger partial charge in [0.05, 0.1) is 10.5 Å². The second-order valence-corrected chi connectivity index (χ2v) is 4.35. The van der Waals surface area contributed by atoms with E-state index in [1.54, 1.807) is 19.9 Å². The average Bonchev–Trinajstić information content (AvgIpc) is 2.38. The number of allylic oxidation sites excluding steroid dienone is 1. The first-order valence-electron chi connectivity index (χ1n) is 5.64. The van der Waals surface area contributed by atoms with E-state index in [0.29, 0.717) is 0 Å². The Morgan fingerprint density at radius 1 is 1.45 bits per heavy atom. The van der Waals surface area contributed by atoms with Gasteiger partial charge < -0.3 is 10.2 Å². The zero-order valence-electron chi connectivity index (χ0n) is 10.8. The molecule has 0 heterocycles. The summed E-state index contributed by atoms with van der Waals surface area (Å²) in [7, 11) is 0. The normalized spacial score (nSPS) is 11.2. The van der Waals surface area contributed by atoms with Crippen molar-refractivity contribution in [1.82, 2.24) is 0 Å². The van der Waals surface area contributed by atoms with Gasteiger partial charge in [-0.1, -0.05) is 13.8 Å². The number of carbonyl (C=O) groups excluding carboxylic acids is 1. The van der Waals surface area contributed by atoms with Gasteiger partial charge in [-0.25, -0.2) is 0 Å². The van der Waals surface area contributed by atoms with Crippen LogP contribution in [-0.2, 0) is 4.79 Å². The highest BCUT2D eigenvalue weighted by Gasteiger charge is 2.19. The molecule has 0 saturated carbocycles. The number of phenolic OH excluding ortho intramolecular Hbond substituents is 2. The molecule has 1 rings (SSSR count). The Morgan fingerprint density at radius 3 is 2.50 bits per heavy atom. The summed E-state index contributed by atoms with van der Waals surface area (Å²) in [5.41, 5.74) is -0.803. The Hall–Kier alpha value is -2.88. The lowest BCUT2D eigenvalue weighted by atomic mass is 9.99. The van der Waals surface area contributed by atoms with Gasteiger partial charge in [0.25, 0.3) is 0 Å². The smallest absolute Gasteiger partial charge is 0.315 e. The third-order valence-electron chi connectivity index (χ3n) is 2.51. The number of benzene rings is 1. The number of phenols is 2. The van der Waals surface area contributed by atoms with E-state index in [4.69, 9.17) is 5.26 Å². The topological polar surface area (TPSA) is 124 Å². The fourth-order valence-electron chi connectivity index (χ4n) is 1.48. The van der Waals surface area contributed by atoms with Crippen LogP contribution in [0.3, 0.4) is 0 Å². The predicted molar refractivity (Wildman–Crippen MR) is 69.9 cm³/mol. The number of rotatable bonds is 4. The second-order valence-electron chi connectivity index (χ2n) is 4.35. The molecule has 0 atom stereocenters. The molecule has 0 fully saturated rings. The van der Waals surface area contributed by atoms with E-state index in [1.165, 1.54) is 0 Å². The van der Waals surface area contributed by atoms with Crippen LogP contribution in [0.15, 0.2) is 17.7 Å². The zero-order chi connectivity index (χ0) is 15.4. The van der Waals surface area contributed by atoms with Crippen LogP contribution < -0.4 is 0 Å². The molecule has 0 aliphatic carbocycles. The molecule has 7 nitrogen and oxygen atoms in total. The summed E-state index contributed by atoms with van der Waals surface area (Å²) in [6.07, 6.45) is 1.13. The molecule has 0 aliphatic rings. The number of nitrogens with zero attached hydrogens (tertiary/aromatic N) is 2. The van der Waals surface area contributed by atoms with Crippen LogP contribution in [0.25, 0.3) is 6.08 Å². The number of nitriles is 1. The molecular weight excluding hydrogens is 264 g/mol. The third kappa shape index (κ3) is 3.11. The highest BCUT2D eigenvalue weighted by atomic mass is 16.6. The van der Waals surface area contributed by atoms with Crippen molar-refractivity contribution >= 4 is 17.5 Å². The molecule has 0 saturated heterocycles. The first-order valence-corrected chi connectivity index (χ1v) is 5.64. The van der Waals surface area contributed by atoms with Crippen LogP contribution >= 0.6 is 0 Å². The van der Waals surface area contributed by atoms with Gasteiger partial charge in [-0.3, -0.25) is 14.9 Å². The van der Waals surface area contributed by atoms with Crippen molar-refractivity contribution in [3.8, 4) is 17.6 Å². The highest BCUT2D eigenvalue weighted by Crippen LogP contribution is 2.36. The maximum Gasteiger partial charge on any atom is 0.315 e. The van der Waals surface area contributed by atoms with Gasteiger partial charge in [-0.2, -0.15) is 5.26 Å². The highest BCUT2D eigenvalue weighted by molar-refractivity contribution is 6.04. The lowest BCUT2D eigenvalue weighted by Gasteiger charge is -2.04. The molecule has 0 radical (unpaired) electrons. The van der Waals surface area contributed by atoms with Crippen LogP contribution in [0.4, 0.5) is 5.69 Å². The van der Waals surface area contributed by atoms with Crippen LogP contribution in [0, 0.1) is 27.4 Å². The van der Waals surface area contributed by atoms with E-state index in [0.717, 1.165) is 18.2 Å². The van der Waals surface area contributed by atoms with Gasteiger partial charge in [0, 0.05) is 12.0 Å². The maximum atomic E-state index is 11.7. The second kappa shape index (κ2) is 5.84. The van der Waals surface area contributed by atoms with Crippen molar-refractivity contribution in [2.24, 2.45) is 5.92 Å². The maximum absolute atomic E-state index is 11.7. The SMILES string of the molecule is CC(C)C(=O)/C(C#N)=C/c1cc(O)c(O)c([N+](=O)[O-])c1. The van der Waals surface area contributed by atoms with Crippen LogP contribution in [0.2, 0.25) is 0 Å². The Kier molecular flexibility index (Phi) is 4.43. The van der Waals surface area contributed by atoms with E-state index in [9.17, 15) is 25.1 Å². The van der Waals surface area contributed by atoms with Crippen LogP contribution in [0.5, 0.6) is 11.5 Å². The molecule has 0 amide bonds. The van der Waals surface area contributed by atoms with E-state index in [1.807, 2.05) is 0 Å². The number of hydrogen-bond acceptors (Lipinski definition) is 6. The molecule has 2 N–H and O–H groups in total. The first kappa shape index (κ1) is 15.2. The minimum atomic E-state index is -0.872. The predicted octanol–water partition coefficient (Wildman–Crippen LogP) is 2.14. The zero-order valence-corrected chi connectivity index (χ0v) is 10.8. The number of aromatic hydroxyl groups is 2. The Bertz CT molecular complexity index is 641. The summed E-state index contributed by atoms with van der Waals surface area (Å²) >= 11 is 0. The van der Waals surface area contributed by atoms with Gasteiger partial charge in [-0.15, -0.1) is 0 Å². The van der Waals surface area contributed by atoms with Crippen LogP contribution in [0.1, 0.15) is 19.4 Å². The molecule has 0 aromatic heterocycles. The lowest BCUT2D eigenvalue weighted by molar-refractivity contribution is -0.386. The minimum Gasteiger partial charge on any atom is -0.504 e. The first-order chi connectivity index (χ1) is 9.27. The number of nitro benzene ring substituents is 1. The molecule has 1 aromatic carbocycles. The van der Waals surface area contributed by atoms with Gasteiger partial charge in [0.15, 0.2) is 11.5 Å². The number of ketones is 1. The molecule has 7 heteroatoms. The molecule has 1 aromatic rings. The monoisotopic (exact) mass is 276 g/mol. The van der Waals surface area contributed by atoms with Gasteiger partial charge in [0.2, 0.25) is 5.75 Å². The Balaban J connectivity index is 3.38. The fourth-order valence-corrected chi connectivity index (χ4v) is 1.48. The molecule has 0 unspecified atom stereocenters. The van der Waals surface area contributed by atoms with E-state index < -0.39 is 33.8 Å². The fraction of sp³-hybridized carbons (Fsp3) is 0.231. The van der Waals surface area contributed by atoms with E-state index in [-0.39, 0.29) is 11.1 Å². The summed E-state index contributed by atoms with van der Waals surface area (Å²) in [5.74, 6) is -2.37. The van der Waals surface area contributed by atoms with Gasteiger partial charge in [-0.05, 0) is 17.7 Å². The molecule has 104 valence electrons. The molecule has 20 heavy (non-hydrogen) atoms. The standard InChI is InChI=1S/C13H12N2O5/c1-7(2)12(17)9(6-14)3-8-4-10(15(19)20)13(18)11(16)5-8/h3-5,7,16,18H,1-2H3/b9-3+. The number of Topliss-reactive ketones (excluding diaryl/α,β-unsaturated/α-hetero) is 1. The van der Waals surface area contributed by atoms with E-state index >= 15 is 0 Å². The van der Waals surface area contributed by atoms with Crippen molar-refractivity contribution in [3.05, 3.63) is 33.4 Å². The summed E-state index contributed by atoms with van der Waals surface area (Å²) in [5, 5.41) is 38.4. The largest absolute Gasteiger partial charge is 0.504 e. The number of nitro groups is 1. The summed E-state index contributed by atoms with van der Waals surface area (Å²) in [6, 6.07) is 3.72. The summed E-state index contributed by atoms with van der Waals surface area (Å²) < 4.78 is 0. The van der Waals surface area contributed by atoms with Crippen LogP contribution in [-0.4, -0.2) is 20.9 Å². The lowest BCUT2D eigenvalue weighted by Crippen LogP contribution is -2.08. The molecule has 0 aliphatic heterocycles. The molecule has 0 spiro atoms. The van der Waals surface area contributed by atoms with Crippen molar-refractivity contribution in [1.29, 1.82) is 5.26 Å². The minimum absolute atomic E-state index is 0.0811. The Labute approximate surface area is 114 Å². The quantitative estimate of drug-likeness (QED) is 0.285. The van der Waals surface area contributed by atoms with Gasteiger partial charge in [0.1, 0.15) is 6.07 Å². The Morgan fingerprint density at radius 2 is 2.05 bits per heavy atom. The third-order valence-corrected chi connectivity index (χ3v) is 2.51. The number of hydrogen-bond donors (Lipinski definition) is 2. The van der Waals surface area contributed by atoms with E-state index in [2.05, 4.69) is 0 Å². The summed E-state index contributed by atoms with van der Waals surface area (Å²) in [4.78, 5) is 21.5. The van der Waals surface area contributed by atoms with Crippen molar-refractivity contribution in [2.45, 2.75) is 13.8 Å². The molecular formula is C13H12N2O5. The average molecular weight is 276 g/mol. The number of carbonyl (C=O) groups is 1. The van der Waals surface area contributed by atoms with Crippen molar-refractivity contribution in [3.63, 3.8) is 0 Å².